The van der Waals surface area contributed by atoms with Crippen LogP contribution in [0.2, 0.25) is 0 Å². The van der Waals surface area contributed by atoms with Crippen LogP contribution in [0.3, 0.4) is 0 Å². The zero-order valence-electron chi connectivity index (χ0n) is 21.0. The second kappa shape index (κ2) is 11.4. The van der Waals surface area contributed by atoms with Crippen molar-refractivity contribution in [3.8, 4) is 0 Å². The fourth-order valence-electron chi connectivity index (χ4n) is 5.34. The Morgan fingerprint density at radius 1 is 0.385 bits per heavy atom. The average molecular weight is 540 g/mol. The van der Waals surface area contributed by atoms with Gasteiger partial charge in [-0.05, 0) is 47.5 Å². The van der Waals surface area contributed by atoms with Crippen molar-refractivity contribution in [3.05, 3.63) is 163 Å². The summed E-state index contributed by atoms with van der Waals surface area (Å²) in [4.78, 5) is 0. The molecule has 0 heterocycles. The summed E-state index contributed by atoms with van der Waals surface area (Å²) < 4.78 is 39.0. The third kappa shape index (κ3) is 5.74. The average Bonchev–Trinajstić information content (AvgIpc) is 3.71. The molecule has 1 aliphatic rings. The van der Waals surface area contributed by atoms with Crippen LogP contribution in [0.5, 0.6) is 0 Å². The van der Waals surface area contributed by atoms with Gasteiger partial charge in [0.15, 0.2) is 0 Å². The first-order valence-electron chi connectivity index (χ1n) is 12.7. The molecule has 0 amide bonds. The quantitative estimate of drug-likeness (QED) is 0.116. The Morgan fingerprint density at radius 3 is 0.872 bits per heavy atom. The molecule has 0 radical (unpaired) electrons. The lowest BCUT2D eigenvalue weighted by molar-refractivity contribution is 0.368. The number of hydrogen-bond donors (Lipinski definition) is 0. The van der Waals surface area contributed by atoms with Crippen LogP contribution < -0.4 is 15.9 Å². The second-order valence-electron chi connectivity index (χ2n) is 9.19. The molecule has 0 nitrogen and oxygen atoms in total. The van der Waals surface area contributed by atoms with Crippen LogP contribution in [0.25, 0.3) is 11.1 Å². The van der Waals surface area contributed by atoms with E-state index in [0.717, 1.165) is 0 Å². The van der Waals surface area contributed by atoms with Crippen molar-refractivity contribution in [3.63, 3.8) is 0 Å². The molecule has 6 heteroatoms. The molecule has 0 unspecified atom stereocenters. The van der Waals surface area contributed by atoms with Crippen LogP contribution in [0.4, 0.5) is 17.3 Å². The third-order valence-corrected chi connectivity index (χ3v) is 11.4. The van der Waals surface area contributed by atoms with Crippen molar-refractivity contribution < 1.29 is 17.3 Å². The number of allylic oxidation sites excluding steroid dienone is 2. The van der Waals surface area contributed by atoms with Crippen LogP contribution >= 0.6 is 7.26 Å². The van der Waals surface area contributed by atoms with Crippen molar-refractivity contribution in [2.45, 2.75) is 5.66 Å². The molecule has 0 bridgehead atoms. The Balaban J connectivity index is 0.000000567. The van der Waals surface area contributed by atoms with E-state index in [1.165, 1.54) is 38.2 Å². The third-order valence-electron chi connectivity index (χ3n) is 6.80. The van der Waals surface area contributed by atoms with Gasteiger partial charge in [-0.3, -0.25) is 0 Å². The fraction of sp³-hybridized carbons (Fsp3) is 0.0303. The lowest BCUT2D eigenvalue weighted by Gasteiger charge is -2.29. The zero-order chi connectivity index (χ0) is 27.3. The molecular weight excluding hydrogens is 514 g/mol. The van der Waals surface area contributed by atoms with Crippen LogP contribution in [-0.2, 0) is 0 Å². The lowest BCUT2D eigenvalue weighted by atomic mass is 10.1. The van der Waals surface area contributed by atoms with E-state index in [1.54, 1.807) is 0 Å². The monoisotopic (exact) mass is 540 g/mol. The van der Waals surface area contributed by atoms with E-state index < -0.39 is 14.5 Å². The Kier molecular flexibility index (Phi) is 7.81. The van der Waals surface area contributed by atoms with Crippen LogP contribution in [0.15, 0.2) is 152 Å². The topological polar surface area (TPSA) is 0 Å². The Morgan fingerprint density at radius 2 is 0.615 bits per heavy atom. The van der Waals surface area contributed by atoms with E-state index in [0.29, 0.717) is 5.66 Å². The molecule has 5 aromatic carbocycles. The summed E-state index contributed by atoms with van der Waals surface area (Å²) in [5.41, 5.74) is 5.97. The lowest BCUT2D eigenvalue weighted by Crippen LogP contribution is -2.35. The highest BCUT2D eigenvalue weighted by atomic mass is 31.2. The van der Waals surface area contributed by atoms with Gasteiger partial charge in [-0.2, -0.15) is 0 Å². The molecule has 0 fully saturated rings. The molecule has 194 valence electrons. The van der Waals surface area contributed by atoms with E-state index >= 15 is 0 Å². The summed E-state index contributed by atoms with van der Waals surface area (Å²) in [5, 5.41) is 4.28. The molecule has 0 aliphatic heterocycles. The fourth-order valence-corrected chi connectivity index (χ4v) is 10.3. The number of benzene rings is 5. The predicted octanol–water partition coefficient (Wildman–Crippen LogP) is 8.27. The summed E-state index contributed by atoms with van der Waals surface area (Å²) in [7, 11) is -8.03. The summed E-state index contributed by atoms with van der Waals surface area (Å²) >= 11 is 0. The van der Waals surface area contributed by atoms with E-state index in [2.05, 4.69) is 152 Å². The Bertz CT molecular complexity index is 1370. The summed E-state index contributed by atoms with van der Waals surface area (Å²) in [5.74, 6) is 0. The minimum absolute atomic E-state index is 0.338. The van der Waals surface area contributed by atoms with Gasteiger partial charge in [0.05, 0.1) is 0 Å². The predicted molar refractivity (Wildman–Crippen MR) is 159 cm³/mol. The van der Waals surface area contributed by atoms with Crippen LogP contribution in [0, 0.1) is 0 Å². The van der Waals surface area contributed by atoms with Crippen LogP contribution in [-0.4, -0.2) is 12.9 Å². The first-order chi connectivity index (χ1) is 18.9. The van der Waals surface area contributed by atoms with Crippen molar-refractivity contribution >= 4 is 41.6 Å². The van der Waals surface area contributed by atoms with Gasteiger partial charge in [0.25, 0.3) is 0 Å². The van der Waals surface area contributed by atoms with E-state index in [1.807, 2.05) is 0 Å². The SMILES string of the molecule is F[B-](F)(F)F.c1ccc(C2=C(c3ccccc3)C2[P+](c2ccccc2)(c2ccccc2)c2ccccc2)cc1. The molecule has 6 rings (SSSR count). The molecular formula is C33H26BF4P. The molecule has 5 aromatic rings. The van der Waals surface area contributed by atoms with E-state index in [4.69, 9.17) is 0 Å². The molecule has 0 saturated carbocycles. The summed E-state index contributed by atoms with van der Waals surface area (Å²) in [6.07, 6.45) is 0. The minimum Gasteiger partial charge on any atom is -0.418 e. The molecule has 39 heavy (non-hydrogen) atoms. The maximum Gasteiger partial charge on any atom is 0.673 e. The highest BCUT2D eigenvalue weighted by Gasteiger charge is 2.63. The maximum atomic E-state index is 9.75. The summed E-state index contributed by atoms with van der Waals surface area (Å²) in [6.45, 7) is 0. The Hall–Kier alpha value is -3.95. The van der Waals surface area contributed by atoms with Crippen molar-refractivity contribution in [1.29, 1.82) is 0 Å². The molecule has 0 saturated heterocycles. The number of halogens is 4. The smallest absolute Gasteiger partial charge is 0.418 e. The zero-order valence-corrected chi connectivity index (χ0v) is 21.9. The molecule has 0 spiro atoms. The number of rotatable bonds is 6. The van der Waals surface area contributed by atoms with Gasteiger partial charge in [0.1, 0.15) is 28.8 Å². The van der Waals surface area contributed by atoms with Gasteiger partial charge in [-0.15, -0.1) is 0 Å². The van der Waals surface area contributed by atoms with Gasteiger partial charge >= 0.3 is 7.25 Å². The van der Waals surface area contributed by atoms with E-state index in [-0.39, 0.29) is 0 Å². The highest BCUT2D eigenvalue weighted by Crippen LogP contribution is 2.74. The van der Waals surface area contributed by atoms with Gasteiger partial charge in [0.2, 0.25) is 0 Å². The van der Waals surface area contributed by atoms with Gasteiger partial charge in [0, 0.05) is 11.1 Å². The largest absolute Gasteiger partial charge is 0.673 e. The first kappa shape index (κ1) is 26.7. The van der Waals surface area contributed by atoms with Gasteiger partial charge < -0.3 is 17.3 Å². The van der Waals surface area contributed by atoms with Crippen molar-refractivity contribution in [2.24, 2.45) is 0 Å². The van der Waals surface area contributed by atoms with Crippen LogP contribution in [0.1, 0.15) is 11.1 Å². The first-order valence-corrected chi connectivity index (χ1v) is 14.5. The maximum absolute atomic E-state index is 9.75. The van der Waals surface area contributed by atoms with Gasteiger partial charge in [-0.25, -0.2) is 0 Å². The minimum atomic E-state index is -6.00. The molecule has 1 aliphatic carbocycles. The molecule has 0 aromatic heterocycles. The van der Waals surface area contributed by atoms with Gasteiger partial charge in [-0.1, -0.05) is 115 Å². The molecule has 0 atom stereocenters. The summed E-state index contributed by atoms with van der Waals surface area (Å²) in [6, 6.07) is 55.6. The number of hydrogen-bond acceptors (Lipinski definition) is 0. The standard InChI is InChI=1S/C33H26P.BF4/c1-6-16-26(17-7-1)31-32(27-18-8-2-9-19-27)33(31)34(28-20-10-3-11-21-28,29-22-12-4-13-23-29)30-24-14-5-15-25-30;2-1(3,4)5/h1-25,33H;/q+1;-1. The van der Waals surface area contributed by atoms with Crippen molar-refractivity contribution in [1.82, 2.24) is 0 Å². The normalized spacial score (nSPS) is 13.4. The van der Waals surface area contributed by atoms with Crippen molar-refractivity contribution in [2.75, 3.05) is 0 Å². The molecule has 0 N–H and O–H groups in total. The Labute approximate surface area is 227 Å². The second-order valence-corrected chi connectivity index (χ2v) is 12.7. The van der Waals surface area contributed by atoms with E-state index in [9.17, 15) is 17.3 Å². The highest BCUT2D eigenvalue weighted by molar-refractivity contribution is 7.97.